The number of hydrogen-bond donors (Lipinski definition) is 3. The molecule has 2 amide bonds. The number of rotatable bonds is 6. The summed E-state index contributed by atoms with van der Waals surface area (Å²) in [6, 6.07) is 19.5. The number of carbonyl (C=O) groups excluding carboxylic acids is 2. The Balaban J connectivity index is 1.75. The first-order chi connectivity index (χ1) is 14.2. The summed E-state index contributed by atoms with van der Waals surface area (Å²) in [7, 11) is -3.72. The van der Waals surface area contributed by atoms with Gasteiger partial charge >= 0.3 is 0 Å². The van der Waals surface area contributed by atoms with E-state index in [1.807, 2.05) is 0 Å². The molecule has 0 aliphatic heterocycles. The van der Waals surface area contributed by atoms with Crippen molar-refractivity contribution < 1.29 is 18.0 Å². The van der Waals surface area contributed by atoms with E-state index >= 15 is 0 Å². The minimum absolute atomic E-state index is 0.158. The van der Waals surface area contributed by atoms with Crippen molar-refractivity contribution in [1.82, 2.24) is 0 Å². The maximum absolute atomic E-state index is 12.6. The Bertz CT molecular complexity index is 1190. The third-order valence-corrected chi connectivity index (χ3v) is 5.61. The van der Waals surface area contributed by atoms with Crippen molar-refractivity contribution in [2.75, 3.05) is 15.4 Å². The highest BCUT2D eigenvalue weighted by molar-refractivity contribution is 7.92. The van der Waals surface area contributed by atoms with Crippen LogP contribution in [0.25, 0.3) is 0 Å². The van der Waals surface area contributed by atoms with E-state index < -0.39 is 10.0 Å². The van der Waals surface area contributed by atoms with E-state index in [0.717, 1.165) is 0 Å². The predicted molar refractivity (Wildman–Crippen MR) is 117 cm³/mol. The molecule has 8 heteroatoms. The van der Waals surface area contributed by atoms with E-state index in [0.29, 0.717) is 28.2 Å². The van der Waals surface area contributed by atoms with Gasteiger partial charge in [0.05, 0.1) is 10.6 Å². The van der Waals surface area contributed by atoms with Crippen molar-refractivity contribution >= 4 is 38.9 Å². The Morgan fingerprint density at radius 3 is 2.10 bits per heavy atom. The summed E-state index contributed by atoms with van der Waals surface area (Å²) in [4.78, 5) is 23.9. The van der Waals surface area contributed by atoms with Crippen LogP contribution >= 0.6 is 0 Å². The average molecular weight is 423 g/mol. The molecule has 0 unspecified atom stereocenters. The lowest BCUT2D eigenvalue weighted by molar-refractivity contribution is -0.114. The third-order valence-electron chi connectivity index (χ3n) is 4.23. The van der Waals surface area contributed by atoms with Crippen LogP contribution < -0.4 is 15.4 Å². The van der Waals surface area contributed by atoms with Gasteiger partial charge in [-0.15, -0.1) is 0 Å². The molecule has 30 heavy (non-hydrogen) atoms. The first kappa shape index (κ1) is 21.1. The van der Waals surface area contributed by atoms with Crippen molar-refractivity contribution in [2.24, 2.45) is 0 Å². The van der Waals surface area contributed by atoms with Crippen molar-refractivity contribution in [3.05, 3.63) is 83.9 Å². The molecule has 0 bridgehead atoms. The fraction of sp³-hybridized carbons (Fsp3) is 0.0909. The van der Waals surface area contributed by atoms with Crippen molar-refractivity contribution in [2.45, 2.75) is 18.7 Å². The number of amides is 2. The summed E-state index contributed by atoms with van der Waals surface area (Å²) in [5.74, 6) is -0.557. The van der Waals surface area contributed by atoms with Crippen LogP contribution in [0.3, 0.4) is 0 Å². The standard InChI is InChI=1S/C22H21N3O4S/c1-15-13-17(22(27)24-19-8-6-7-18(14-19)23-16(2)26)11-12-21(15)25-30(28,29)20-9-4-3-5-10-20/h3-14,25H,1-2H3,(H,23,26)(H,24,27). The molecule has 0 atom stereocenters. The van der Waals surface area contributed by atoms with Crippen LogP contribution in [0.5, 0.6) is 0 Å². The smallest absolute Gasteiger partial charge is 0.261 e. The van der Waals surface area contributed by atoms with Gasteiger partial charge < -0.3 is 10.6 Å². The van der Waals surface area contributed by atoms with Gasteiger partial charge in [0.2, 0.25) is 5.91 Å². The summed E-state index contributed by atoms with van der Waals surface area (Å²) in [6.45, 7) is 3.12. The molecule has 0 saturated carbocycles. The highest BCUT2D eigenvalue weighted by Crippen LogP contribution is 2.22. The molecule has 0 aliphatic carbocycles. The normalized spacial score (nSPS) is 10.9. The fourth-order valence-electron chi connectivity index (χ4n) is 2.80. The molecule has 154 valence electrons. The maximum atomic E-state index is 12.6. The largest absolute Gasteiger partial charge is 0.326 e. The van der Waals surface area contributed by atoms with Crippen LogP contribution in [-0.2, 0) is 14.8 Å². The van der Waals surface area contributed by atoms with Gasteiger partial charge in [-0.3, -0.25) is 14.3 Å². The maximum Gasteiger partial charge on any atom is 0.261 e. The number of nitrogens with one attached hydrogen (secondary N) is 3. The number of carbonyl (C=O) groups is 2. The molecule has 0 radical (unpaired) electrons. The van der Waals surface area contributed by atoms with Crippen LogP contribution in [0, 0.1) is 6.92 Å². The van der Waals surface area contributed by atoms with E-state index in [1.54, 1.807) is 67.6 Å². The van der Waals surface area contributed by atoms with Crippen molar-refractivity contribution in [1.29, 1.82) is 0 Å². The van der Waals surface area contributed by atoms with E-state index in [-0.39, 0.29) is 16.7 Å². The highest BCUT2D eigenvalue weighted by atomic mass is 32.2. The van der Waals surface area contributed by atoms with Crippen LogP contribution in [0.2, 0.25) is 0 Å². The third kappa shape index (κ3) is 5.24. The Kier molecular flexibility index (Phi) is 6.17. The number of hydrogen-bond acceptors (Lipinski definition) is 4. The molecule has 0 heterocycles. The SMILES string of the molecule is CC(=O)Nc1cccc(NC(=O)c2ccc(NS(=O)(=O)c3ccccc3)c(C)c2)c1. The minimum Gasteiger partial charge on any atom is -0.326 e. The number of benzene rings is 3. The predicted octanol–water partition coefficient (Wildman–Crippen LogP) is 4.01. The molecule has 3 rings (SSSR count). The van der Waals surface area contributed by atoms with Gasteiger partial charge in [0, 0.05) is 23.9 Å². The molecule has 0 fully saturated rings. The van der Waals surface area contributed by atoms with Gasteiger partial charge in [-0.25, -0.2) is 8.42 Å². The lowest BCUT2D eigenvalue weighted by atomic mass is 10.1. The van der Waals surface area contributed by atoms with Crippen LogP contribution in [0.1, 0.15) is 22.8 Å². The molecule has 3 N–H and O–H groups in total. The van der Waals surface area contributed by atoms with Gasteiger partial charge in [0.25, 0.3) is 15.9 Å². The van der Waals surface area contributed by atoms with E-state index in [4.69, 9.17) is 0 Å². The number of sulfonamides is 1. The van der Waals surface area contributed by atoms with E-state index in [2.05, 4.69) is 15.4 Å². The molecule has 0 spiro atoms. The quantitative estimate of drug-likeness (QED) is 0.557. The fourth-order valence-corrected chi connectivity index (χ4v) is 3.96. The Labute approximate surface area is 175 Å². The zero-order valence-electron chi connectivity index (χ0n) is 16.5. The van der Waals surface area contributed by atoms with Gasteiger partial charge in [-0.05, 0) is 61.0 Å². The van der Waals surface area contributed by atoms with Gasteiger partial charge in [0.1, 0.15) is 0 Å². The summed E-state index contributed by atoms with van der Waals surface area (Å²) in [5, 5.41) is 5.42. The van der Waals surface area contributed by atoms with Crippen LogP contribution in [-0.4, -0.2) is 20.2 Å². The first-order valence-electron chi connectivity index (χ1n) is 9.12. The van der Waals surface area contributed by atoms with Crippen molar-refractivity contribution in [3.8, 4) is 0 Å². The molecular formula is C22H21N3O4S. The second-order valence-corrected chi connectivity index (χ2v) is 8.35. The Hall–Kier alpha value is -3.65. The number of anilines is 3. The van der Waals surface area contributed by atoms with Gasteiger partial charge in [-0.2, -0.15) is 0 Å². The molecule has 0 saturated heterocycles. The topological polar surface area (TPSA) is 104 Å². The lowest BCUT2D eigenvalue weighted by Crippen LogP contribution is -2.15. The average Bonchev–Trinajstić information content (AvgIpc) is 2.70. The van der Waals surface area contributed by atoms with Gasteiger partial charge in [0.15, 0.2) is 0 Å². The molecule has 7 nitrogen and oxygen atoms in total. The second-order valence-electron chi connectivity index (χ2n) is 6.66. The monoisotopic (exact) mass is 423 g/mol. The zero-order chi connectivity index (χ0) is 21.7. The molecule has 3 aromatic carbocycles. The molecule has 0 aromatic heterocycles. The summed E-state index contributed by atoms with van der Waals surface area (Å²) in [5.41, 5.74) is 2.47. The van der Waals surface area contributed by atoms with Crippen LogP contribution in [0.15, 0.2) is 77.7 Å². The van der Waals surface area contributed by atoms with Gasteiger partial charge in [-0.1, -0.05) is 24.3 Å². The molecular weight excluding hydrogens is 402 g/mol. The first-order valence-corrected chi connectivity index (χ1v) is 10.6. The summed E-state index contributed by atoms with van der Waals surface area (Å²) in [6.07, 6.45) is 0. The lowest BCUT2D eigenvalue weighted by Gasteiger charge is -2.12. The van der Waals surface area contributed by atoms with E-state index in [1.165, 1.54) is 19.1 Å². The summed E-state index contributed by atoms with van der Waals surface area (Å²) < 4.78 is 27.5. The number of aryl methyl sites for hydroxylation is 1. The second kappa shape index (κ2) is 8.79. The van der Waals surface area contributed by atoms with Crippen LogP contribution in [0.4, 0.5) is 17.1 Å². The summed E-state index contributed by atoms with van der Waals surface area (Å²) >= 11 is 0. The molecule has 3 aromatic rings. The van der Waals surface area contributed by atoms with E-state index in [9.17, 15) is 18.0 Å². The Morgan fingerprint density at radius 1 is 0.800 bits per heavy atom. The zero-order valence-corrected chi connectivity index (χ0v) is 17.3. The minimum atomic E-state index is -3.72. The van der Waals surface area contributed by atoms with Crippen molar-refractivity contribution in [3.63, 3.8) is 0 Å². The Morgan fingerprint density at radius 2 is 1.47 bits per heavy atom. The highest BCUT2D eigenvalue weighted by Gasteiger charge is 2.16. The molecule has 0 aliphatic rings.